The Morgan fingerprint density at radius 3 is 1.98 bits per heavy atom. The minimum Gasteiger partial charge on any atom is -0.459 e. The van der Waals surface area contributed by atoms with Crippen LogP contribution in [0.4, 0.5) is 0 Å². The Balaban J connectivity index is 2.22. The molecule has 5 unspecified atom stereocenters. The zero-order chi connectivity index (χ0) is 39.7. The number of aliphatic hydroxyl groups excluding tert-OH is 3. The summed E-state index contributed by atoms with van der Waals surface area (Å²) in [7, 11) is 6.77. The van der Waals surface area contributed by atoms with E-state index in [0.29, 0.717) is 6.42 Å². The monoisotopic (exact) mass is 747 g/mol. The number of Topliss-reactive ketones (excluding diaryl/α,β-unsaturated/α-hetero) is 1. The Hall–Kier alpha value is -1.30. The van der Waals surface area contributed by atoms with Crippen LogP contribution in [0.15, 0.2) is 0 Å². The predicted molar refractivity (Wildman–Crippen MR) is 191 cm³/mol. The fraction of sp³-hybridized carbons (Fsp3) is 0.947. The number of carbonyl (C=O) groups is 2. The van der Waals surface area contributed by atoms with Crippen molar-refractivity contribution in [3.05, 3.63) is 0 Å². The summed E-state index contributed by atoms with van der Waals surface area (Å²) in [6.07, 6.45) is -8.73. The largest absolute Gasteiger partial charge is 0.459 e. The van der Waals surface area contributed by atoms with E-state index >= 15 is 0 Å². The zero-order valence-corrected chi connectivity index (χ0v) is 33.9. The number of hydrogen-bond acceptors (Lipinski definition) is 14. The first-order valence-electron chi connectivity index (χ1n) is 18.9. The number of aliphatic hydroxyl groups is 4. The molecule has 0 aromatic carbocycles. The van der Waals surface area contributed by atoms with Crippen LogP contribution < -0.4 is 0 Å². The summed E-state index contributed by atoms with van der Waals surface area (Å²) in [5.41, 5.74) is -4.24. The van der Waals surface area contributed by atoms with Gasteiger partial charge in [0.15, 0.2) is 12.6 Å². The number of nitrogens with zero attached hydrogens (tertiary/aromatic N) is 1. The molecule has 18 atom stereocenters. The van der Waals surface area contributed by atoms with Gasteiger partial charge in [0.25, 0.3) is 0 Å². The Kier molecular flexibility index (Phi) is 15.3. The Morgan fingerprint density at radius 1 is 0.846 bits per heavy atom. The number of likely N-dealkylation sites (N-methyl/N-ethyl adjacent to an activating group) is 1. The van der Waals surface area contributed by atoms with E-state index in [9.17, 15) is 30.0 Å². The van der Waals surface area contributed by atoms with Gasteiger partial charge in [-0.15, -0.1) is 0 Å². The van der Waals surface area contributed by atoms with Gasteiger partial charge in [-0.25, -0.2) is 0 Å². The van der Waals surface area contributed by atoms with Crippen LogP contribution in [-0.2, 0) is 42.7 Å². The molecule has 0 radical (unpaired) electrons. The minimum atomic E-state index is -1.96. The van der Waals surface area contributed by atoms with Crippen LogP contribution in [-0.4, -0.2) is 150 Å². The maximum atomic E-state index is 14.2. The topological polar surface area (TPSA) is 183 Å². The minimum absolute atomic E-state index is 0.111. The predicted octanol–water partition coefficient (Wildman–Crippen LogP) is 2.44. The van der Waals surface area contributed by atoms with Crippen molar-refractivity contribution in [2.45, 2.75) is 179 Å². The standard InChI is InChI=1S/C38H69NO13/c1-15-26-38(10,45)31(42)21(4)28(40)19(2)17-37(9,47-14)33(52-35-29(41)25(39(11)12)16-20(3)48-35)22(5)30(23(6)34(44)50-26)51-27-18-36(8,46-13)32(43)24(7)49-27/h19-27,29-33,35,41-43,45H,15-18H2,1-14H3/t19-,20-,21+,22+,23-,24-,25?,26-,27+,29?,30+,31-,32?,33-,35?,36?,37-,38-/m1/s1. The molecule has 3 heterocycles. The van der Waals surface area contributed by atoms with Gasteiger partial charge in [-0.2, -0.15) is 0 Å². The van der Waals surface area contributed by atoms with E-state index in [0.717, 1.165) is 0 Å². The molecule has 0 aromatic heterocycles. The average molecular weight is 748 g/mol. The molecule has 304 valence electrons. The molecule has 0 bridgehead atoms. The molecular formula is C38H69NO13. The van der Waals surface area contributed by atoms with Gasteiger partial charge in [-0.1, -0.05) is 27.7 Å². The first-order valence-corrected chi connectivity index (χ1v) is 18.9. The van der Waals surface area contributed by atoms with Crippen LogP contribution in [0, 0.1) is 23.7 Å². The van der Waals surface area contributed by atoms with E-state index in [2.05, 4.69) is 0 Å². The molecule has 52 heavy (non-hydrogen) atoms. The number of carbonyl (C=O) groups excluding carboxylic acids is 2. The molecule has 0 amide bonds. The van der Waals surface area contributed by atoms with Crippen molar-refractivity contribution in [3.8, 4) is 0 Å². The lowest BCUT2D eigenvalue weighted by Crippen LogP contribution is -2.61. The number of ketones is 1. The molecule has 0 saturated carbocycles. The van der Waals surface area contributed by atoms with Crippen LogP contribution in [0.1, 0.15) is 94.9 Å². The van der Waals surface area contributed by atoms with Gasteiger partial charge in [-0.05, 0) is 74.9 Å². The number of methoxy groups -OCH3 is 2. The van der Waals surface area contributed by atoms with E-state index in [-0.39, 0.29) is 37.2 Å². The number of cyclic esters (lactones) is 1. The second kappa shape index (κ2) is 17.7. The average Bonchev–Trinajstić information content (AvgIpc) is 3.09. The van der Waals surface area contributed by atoms with Gasteiger partial charge in [-0.3, -0.25) is 9.59 Å². The SMILES string of the molecule is CC[C@H]1OC(=O)[C@H](C)[C@@H](O[C@H]2CC(C)(OC)C(O)[C@@H](C)O2)[C@H](C)[C@@H](OC2O[C@H](C)CC(N(C)C)C2O)[C@](C)(OC)C[C@@H](C)C(=O)[C@H](C)[C@@H](O)[C@]1(C)O. The third kappa shape index (κ3) is 9.38. The van der Waals surface area contributed by atoms with Crippen LogP contribution in [0.5, 0.6) is 0 Å². The van der Waals surface area contributed by atoms with Gasteiger partial charge in [0.05, 0.1) is 47.6 Å². The summed E-state index contributed by atoms with van der Waals surface area (Å²) < 4.78 is 43.9. The zero-order valence-electron chi connectivity index (χ0n) is 33.9. The van der Waals surface area contributed by atoms with Crippen molar-refractivity contribution in [2.24, 2.45) is 23.7 Å². The van der Waals surface area contributed by atoms with Gasteiger partial charge in [0, 0.05) is 44.4 Å². The quantitative estimate of drug-likeness (QED) is 0.266. The van der Waals surface area contributed by atoms with Crippen molar-refractivity contribution in [1.29, 1.82) is 0 Å². The van der Waals surface area contributed by atoms with E-state index in [1.165, 1.54) is 21.1 Å². The maximum absolute atomic E-state index is 14.2. The lowest BCUT2D eigenvalue weighted by Gasteiger charge is -2.50. The van der Waals surface area contributed by atoms with Crippen LogP contribution in [0.2, 0.25) is 0 Å². The summed E-state index contributed by atoms with van der Waals surface area (Å²) in [6, 6.07) is -0.283. The number of hydrogen-bond donors (Lipinski definition) is 4. The third-order valence-corrected chi connectivity index (χ3v) is 12.3. The summed E-state index contributed by atoms with van der Waals surface area (Å²) in [5.74, 6) is -4.47. The first kappa shape index (κ1) is 45.1. The highest BCUT2D eigenvalue weighted by molar-refractivity contribution is 5.83. The first-order chi connectivity index (χ1) is 24.0. The highest BCUT2D eigenvalue weighted by Gasteiger charge is 2.54. The van der Waals surface area contributed by atoms with Crippen molar-refractivity contribution >= 4 is 11.8 Å². The van der Waals surface area contributed by atoms with Crippen molar-refractivity contribution in [1.82, 2.24) is 4.90 Å². The number of ether oxygens (including phenoxy) is 7. The highest BCUT2D eigenvalue weighted by atomic mass is 16.7. The molecule has 14 heteroatoms. The van der Waals surface area contributed by atoms with E-state index < -0.39 is 102 Å². The Morgan fingerprint density at radius 2 is 1.44 bits per heavy atom. The van der Waals surface area contributed by atoms with E-state index in [4.69, 9.17) is 33.2 Å². The van der Waals surface area contributed by atoms with Crippen LogP contribution in [0.25, 0.3) is 0 Å². The Labute approximate surface area is 310 Å². The number of rotatable bonds is 8. The van der Waals surface area contributed by atoms with Gasteiger partial charge < -0.3 is 58.5 Å². The van der Waals surface area contributed by atoms with Crippen LogP contribution >= 0.6 is 0 Å². The van der Waals surface area contributed by atoms with Crippen molar-refractivity contribution < 1.29 is 63.2 Å². The number of esters is 1. The molecule has 3 fully saturated rings. The molecule has 3 rings (SSSR count). The van der Waals surface area contributed by atoms with Crippen molar-refractivity contribution in [3.63, 3.8) is 0 Å². The lowest BCUT2D eigenvalue weighted by molar-refractivity contribution is -0.319. The molecule has 0 aliphatic carbocycles. The molecule has 3 aliphatic rings. The van der Waals surface area contributed by atoms with Crippen LogP contribution in [0.3, 0.4) is 0 Å². The fourth-order valence-electron chi connectivity index (χ4n) is 8.58. The Bertz CT molecular complexity index is 1190. The van der Waals surface area contributed by atoms with Crippen molar-refractivity contribution in [2.75, 3.05) is 28.3 Å². The summed E-state index contributed by atoms with van der Waals surface area (Å²) in [6.45, 7) is 17.1. The van der Waals surface area contributed by atoms with Gasteiger partial charge >= 0.3 is 5.97 Å². The third-order valence-electron chi connectivity index (χ3n) is 12.3. The molecule has 3 saturated heterocycles. The lowest BCUT2D eigenvalue weighted by atomic mass is 9.74. The fourth-order valence-corrected chi connectivity index (χ4v) is 8.58. The molecule has 3 aliphatic heterocycles. The van der Waals surface area contributed by atoms with Gasteiger partial charge in [0.1, 0.15) is 29.7 Å². The molecule has 0 spiro atoms. The van der Waals surface area contributed by atoms with E-state index in [1.54, 1.807) is 48.5 Å². The molecule has 0 aromatic rings. The maximum Gasteiger partial charge on any atom is 0.311 e. The summed E-state index contributed by atoms with van der Waals surface area (Å²) >= 11 is 0. The van der Waals surface area contributed by atoms with E-state index in [1.807, 2.05) is 32.8 Å². The molecular weight excluding hydrogens is 678 g/mol. The second-order valence-corrected chi connectivity index (χ2v) is 16.6. The summed E-state index contributed by atoms with van der Waals surface area (Å²) in [5, 5.41) is 45.6. The van der Waals surface area contributed by atoms with Gasteiger partial charge in [0.2, 0.25) is 0 Å². The highest BCUT2D eigenvalue weighted by Crippen LogP contribution is 2.41. The summed E-state index contributed by atoms with van der Waals surface area (Å²) in [4.78, 5) is 30.1. The molecule has 14 nitrogen and oxygen atoms in total. The second-order valence-electron chi connectivity index (χ2n) is 16.6. The smallest absolute Gasteiger partial charge is 0.311 e. The molecule has 4 N–H and O–H groups in total. The normalized spacial score (nSPS) is 49.0.